The van der Waals surface area contributed by atoms with Gasteiger partial charge in [0.2, 0.25) is 0 Å². The highest BCUT2D eigenvalue weighted by Gasteiger charge is 2.15. The molecule has 18 heavy (non-hydrogen) atoms. The number of sulfone groups is 1. The summed E-state index contributed by atoms with van der Waals surface area (Å²) in [7, 11) is -3.11. The van der Waals surface area contributed by atoms with Crippen LogP contribution in [0.25, 0.3) is 0 Å². The van der Waals surface area contributed by atoms with Gasteiger partial charge >= 0.3 is 0 Å². The minimum absolute atomic E-state index is 0.0119. The van der Waals surface area contributed by atoms with Crippen LogP contribution in [0.5, 0.6) is 0 Å². The second-order valence-corrected chi connectivity index (χ2v) is 6.41. The molecule has 0 atom stereocenters. The fourth-order valence-corrected chi connectivity index (χ4v) is 2.89. The van der Waals surface area contributed by atoms with Gasteiger partial charge in [0.05, 0.1) is 12.1 Å². The number of Topliss-reactive ketones (excluding diaryl/α,β-unsaturated/α-hetero) is 1. The molecule has 0 aliphatic heterocycles. The largest absolute Gasteiger partial charge is 0.335 e. The maximum atomic E-state index is 11.7. The number of aromatic nitrogens is 2. The molecule has 102 valence electrons. The zero-order valence-corrected chi connectivity index (χ0v) is 11.3. The summed E-state index contributed by atoms with van der Waals surface area (Å²) in [5.41, 5.74) is 5.68. The molecule has 0 bridgehead atoms. The Hall–Kier alpha value is -1.21. The highest BCUT2D eigenvalue weighted by Crippen LogP contribution is 2.04. The summed E-state index contributed by atoms with van der Waals surface area (Å²) in [5, 5.41) is 0. The van der Waals surface area contributed by atoms with E-state index in [0.717, 1.165) is 0 Å². The number of hydrogen-bond acceptors (Lipinski definition) is 5. The van der Waals surface area contributed by atoms with Crippen molar-refractivity contribution in [2.75, 3.05) is 18.1 Å². The number of carbonyl (C=O) groups excluding carboxylic acids is 1. The van der Waals surface area contributed by atoms with Crippen LogP contribution in [0.2, 0.25) is 0 Å². The number of ketones is 1. The molecule has 0 saturated heterocycles. The van der Waals surface area contributed by atoms with E-state index in [1.807, 2.05) is 0 Å². The summed E-state index contributed by atoms with van der Waals surface area (Å²) in [6, 6.07) is 0. The molecule has 7 heteroatoms. The molecule has 1 aromatic heterocycles. The molecule has 0 radical (unpaired) electrons. The van der Waals surface area contributed by atoms with Crippen molar-refractivity contribution in [3.05, 3.63) is 18.2 Å². The number of rotatable bonds is 8. The number of carbonyl (C=O) groups is 1. The second-order valence-electron chi connectivity index (χ2n) is 4.11. The van der Waals surface area contributed by atoms with Crippen molar-refractivity contribution in [1.82, 2.24) is 9.55 Å². The smallest absolute Gasteiger partial charge is 0.183 e. The number of imidazole rings is 1. The van der Waals surface area contributed by atoms with Crippen LogP contribution >= 0.6 is 0 Å². The van der Waals surface area contributed by atoms with E-state index >= 15 is 0 Å². The predicted molar refractivity (Wildman–Crippen MR) is 69.2 cm³/mol. The van der Waals surface area contributed by atoms with Crippen molar-refractivity contribution < 1.29 is 13.2 Å². The third-order valence-corrected chi connectivity index (χ3v) is 4.32. The van der Waals surface area contributed by atoms with Crippen LogP contribution in [-0.2, 0) is 16.4 Å². The highest BCUT2D eigenvalue weighted by molar-refractivity contribution is 7.91. The fraction of sp³-hybridized carbons (Fsp3) is 0.636. The molecular formula is C11H19N3O3S. The predicted octanol–water partition coefficient (Wildman–Crippen LogP) is 0.239. The Morgan fingerprint density at radius 2 is 2.17 bits per heavy atom. The Labute approximate surface area is 107 Å². The molecule has 1 rings (SSSR count). The zero-order chi connectivity index (χ0) is 13.6. The van der Waals surface area contributed by atoms with Crippen LogP contribution in [0, 0.1) is 0 Å². The van der Waals surface area contributed by atoms with Crippen LogP contribution in [0.4, 0.5) is 0 Å². The average molecular weight is 273 g/mol. The van der Waals surface area contributed by atoms with Gasteiger partial charge in [-0.3, -0.25) is 4.79 Å². The quantitative estimate of drug-likeness (QED) is 0.684. The molecule has 0 saturated carbocycles. The van der Waals surface area contributed by atoms with Crippen LogP contribution < -0.4 is 5.73 Å². The van der Waals surface area contributed by atoms with Crippen molar-refractivity contribution in [1.29, 1.82) is 0 Å². The normalized spacial score (nSPS) is 11.7. The van der Waals surface area contributed by atoms with E-state index in [2.05, 4.69) is 4.98 Å². The third-order valence-electron chi connectivity index (χ3n) is 2.46. The number of nitrogens with zero attached hydrogens (tertiary/aromatic N) is 2. The zero-order valence-electron chi connectivity index (χ0n) is 10.5. The van der Waals surface area contributed by atoms with Gasteiger partial charge in [0.25, 0.3) is 0 Å². The lowest BCUT2D eigenvalue weighted by Gasteiger charge is -2.00. The van der Waals surface area contributed by atoms with E-state index in [9.17, 15) is 13.2 Å². The average Bonchev–Trinajstić information content (AvgIpc) is 2.75. The molecule has 1 aromatic rings. The van der Waals surface area contributed by atoms with Gasteiger partial charge in [0.1, 0.15) is 5.69 Å². The van der Waals surface area contributed by atoms with Crippen molar-refractivity contribution in [2.45, 2.75) is 26.3 Å². The van der Waals surface area contributed by atoms with Gasteiger partial charge in [0, 0.05) is 31.5 Å². The fourth-order valence-electron chi connectivity index (χ4n) is 1.56. The Balaban J connectivity index is 2.55. The van der Waals surface area contributed by atoms with E-state index in [1.165, 1.54) is 6.33 Å². The molecule has 0 aromatic carbocycles. The number of nitrogens with two attached hydrogens (primary N) is 1. The monoisotopic (exact) mass is 273 g/mol. The third kappa shape index (κ3) is 4.58. The summed E-state index contributed by atoms with van der Waals surface area (Å²) >= 11 is 0. The van der Waals surface area contributed by atoms with E-state index in [-0.39, 0.29) is 23.7 Å². The summed E-state index contributed by atoms with van der Waals surface area (Å²) in [6.07, 6.45) is 3.69. The standard InChI is InChI=1S/C11H19N3O3S/c1-2-6-18(16,17)7-3-11(15)10-8-14(5-4-12)9-13-10/h8-9H,2-7,12H2,1H3. The van der Waals surface area contributed by atoms with Gasteiger partial charge in [-0.25, -0.2) is 13.4 Å². The lowest BCUT2D eigenvalue weighted by Crippen LogP contribution is -2.14. The molecule has 0 aliphatic rings. The molecule has 6 nitrogen and oxygen atoms in total. The first-order valence-corrected chi connectivity index (χ1v) is 7.76. The first-order valence-electron chi connectivity index (χ1n) is 5.94. The lowest BCUT2D eigenvalue weighted by molar-refractivity contribution is 0.0984. The van der Waals surface area contributed by atoms with Crippen molar-refractivity contribution in [2.24, 2.45) is 5.73 Å². The first kappa shape index (κ1) is 14.8. The highest BCUT2D eigenvalue weighted by atomic mass is 32.2. The molecule has 0 fully saturated rings. The summed E-state index contributed by atoms with van der Waals surface area (Å²) in [6.45, 7) is 2.86. The topological polar surface area (TPSA) is 95.0 Å². The number of hydrogen-bond donors (Lipinski definition) is 1. The minimum Gasteiger partial charge on any atom is -0.335 e. The molecule has 0 unspecified atom stereocenters. The second kappa shape index (κ2) is 6.65. The summed E-state index contributed by atoms with van der Waals surface area (Å²) < 4.78 is 24.7. The Kier molecular flexibility index (Phi) is 5.49. The maximum Gasteiger partial charge on any atom is 0.183 e. The Bertz CT molecular complexity index is 493. The molecular weight excluding hydrogens is 254 g/mol. The Morgan fingerprint density at radius 1 is 1.44 bits per heavy atom. The first-order chi connectivity index (χ1) is 8.48. The van der Waals surface area contributed by atoms with E-state index in [4.69, 9.17) is 5.73 Å². The summed E-state index contributed by atoms with van der Waals surface area (Å²) in [4.78, 5) is 15.7. The SMILES string of the molecule is CCCS(=O)(=O)CCC(=O)c1cn(CCN)cn1. The van der Waals surface area contributed by atoms with Crippen molar-refractivity contribution in [3.8, 4) is 0 Å². The van der Waals surface area contributed by atoms with Crippen LogP contribution in [-0.4, -0.2) is 41.8 Å². The van der Waals surface area contributed by atoms with E-state index < -0.39 is 9.84 Å². The van der Waals surface area contributed by atoms with Crippen LogP contribution in [0.1, 0.15) is 30.3 Å². The van der Waals surface area contributed by atoms with Gasteiger partial charge < -0.3 is 10.3 Å². The molecule has 1 heterocycles. The van der Waals surface area contributed by atoms with Gasteiger partial charge in [-0.1, -0.05) is 6.92 Å². The Morgan fingerprint density at radius 3 is 2.78 bits per heavy atom. The molecule has 2 N–H and O–H groups in total. The van der Waals surface area contributed by atoms with Gasteiger partial charge in [-0.15, -0.1) is 0 Å². The van der Waals surface area contributed by atoms with E-state index in [0.29, 0.717) is 25.2 Å². The van der Waals surface area contributed by atoms with Crippen LogP contribution in [0.15, 0.2) is 12.5 Å². The molecule has 0 spiro atoms. The summed E-state index contributed by atoms with van der Waals surface area (Å²) in [5.74, 6) is -0.226. The van der Waals surface area contributed by atoms with E-state index in [1.54, 1.807) is 17.7 Å². The molecule has 0 aliphatic carbocycles. The lowest BCUT2D eigenvalue weighted by atomic mass is 10.2. The van der Waals surface area contributed by atoms with Crippen molar-refractivity contribution in [3.63, 3.8) is 0 Å². The van der Waals surface area contributed by atoms with Gasteiger partial charge in [0.15, 0.2) is 15.6 Å². The minimum atomic E-state index is -3.11. The maximum absolute atomic E-state index is 11.7. The van der Waals surface area contributed by atoms with Crippen LogP contribution in [0.3, 0.4) is 0 Å². The van der Waals surface area contributed by atoms with Crippen molar-refractivity contribution >= 4 is 15.6 Å². The molecule has 0 amide bonds. The van der Waals surface area contributed by atoms with Gasteiger partial charge in [-0.2, -0.15) is 0 Å². The van der Waals surface area contributed by atoms with Gasteiger partial charge in [-0.05, 0) is 6.42 Å².